The first-order chi connectivity index (χ1) is 13.4. The summed E-state index contributed by atoms with van der Waals surface area (Å²) in [6, 6.07) is 14.2. The van der Waals surface area contributed by atoms with Crippen LogP contribution in [0.15, 0.2) is 53.0 Å². The van der Waals surface area contributed by atoms with Crippen LogP contribution >= 0.6 is 27.5 Å². The van der Waals surface area contributed by atoms with Gasteiger partial charge in [-0.3, -0.25) is 9.59 Å². The summed E-state index contributed by atoms with van der Waals surface area (Å²) in [6.45, 7) is 2.52. The highest BCUT2D eigenvalue weighted by molar-refractivity contribution is 9.10. The second-order valence-electron chi connectivity index (χ2n) is 6.34. The molecule has 1 atom stereocenters. The number of ether oxygens (including phenoxy) is 1. The van der Waals surface area contributed by atoms with Gasteiger partial charge in [0.25, 0.3) is 0 Å². The molecule has 2 aromatic carbocycles. The number of amides is 2. The highest BCUT2D eigenvalue weighted by atomic mass is 79.9. The van der Waals surface area contributed by atoms with Gasteiger partial charge in [-0.2, -0.15) is 0 Å². The van der Waals surface area contributed by atoms with Crippen molar-refractivity contribution in [1.29, 1.82) is 0 Å². The fourth-order valence-electron chi connectivity index (χ4n) is 2.67. The molecule has 0 saturated heterocycles. The molecule has 2 aromatic rings. The molecule has 0 spiro atoms. The molecule has 0 radical (unpaired) electrons. The highest BCUT2D eigenvalue weighted by Gasteiger charge is 2.25. The maximum atomic E-state index is 12.8. The van der Waals surface area contributed by atoms with Crippen molar-refractivity contribution in [2.45, 2.75) is 32.4 Å². The number of nitrogens with zero attached hydrogens (tertiary/aromatic N) is 1. The van der Waals surface area contributed by atoms with E-state index in [2.05, 4.69) is 21.2 Å². The second-order valence-corrected chi connectivity index (χ2v) is 7.70. The average Bonchev–Trinajstić information content (AvgIpc) is 2.70. The molecule has 5 nitrogen and oxygen atoms in total. The van der Waals surface area contributed by atoms with Crippen LogP contribution in [0.1, 0.15) is 25.3 Å². The van der Waals surface area contributed by atoms with Crippen molar-refractivity contribution in [2.75, 3.05) is 13.7 Å². The number of hydrogen-bond acceptors (Lipinski definition) is 3. The van der Waals surface area contributed by atoms with E-state index in [-0.39, 0.29) is 11.8 Å². The van der Waals surface area contributed by atoms with Crippen LogP contribution in [0, 0.1) is 0 Å². The van der Waals surface area contributed by atoms with Gasteiger partial charge in [-0.05, 0) is 55.3 Å². The molecular formula is C21H24BrClN2O3. The van der Waals surface area contributed by atoms with Gasteiger partial charge in [0, 0.05) is 29.5 Å². The summed E-state index contributed by atoms with van der Waals surface area (Å²) >= 11 is 9.25. The van der Waals surface area contributed by atoms with E-state index in [9.17, 15) is 9.59 Å². The minimum absolute atomic E-state index is 0.0845. The van der Waals surface area contributed by atoms with Crippen LogP contribution < -0.4 is 10.1 Å². The lowest BCUT2D eigenvalue weighted by Gasteiger charge is -2.28. The molecule has 28 heavy (non-hydrogen) atoms. The van der Waals surface area contributed by atoms with Crippen molar-refractivity contribution >= 4 is 39.3 Å². The summed E-state index contributed by atoms with van der Waals surface area (Å²) in [4.78, 5) is 26.5. The maximum Gasteiger partial charge on any atom is 0.242 e. The summed E-state index contributed by atoms with van der Waals surface area (Å²) in [5, 5.41) is 3.26. The first-order valence-electron chi connectivity index (χ1n) is 9.04. The van der Waals surface area contributed by atoms with Crippen molar-refractivity contribution in [1.82, 2.24) is 10.2 Å². The number of hydrogen-bond donors (Lipinski definition) is 1. The van der Waals surface area contributed by atoms with Crippen LogP contribution in [0.2, 0.25) is 5.02 Å². The van der Waals surface area contributed by atoms with Gasteiger partial charge in [-0.1, -0.05) is 39.7 Å². The summed E-state index contributed by atoms with van der Waals surface area (Å²) in [6.07, 6.45) is 0.851. The van der Waals surface area contributed by atoms with E-state index in [1.54, 1.807) is 43.1 Å². The molecule has 1 unspecified atom stereocenters. The Morgan fingerprint density at radius 1 is 1.14 bits per heavy atom. The normalized spacial score (nSPS) is 11.6. The predicted molar refractivity (Wildman–Crippen MR) is 114 cm³/mol. The van der Waals surface area contributed by atoms with Crippen molar-refractivity contribution < 1.29 is 14.3 Å². The van der Waals surface area contributed by atoms with Gasteiger partial charge < -0.3 is 15.0 Å². The largest absolute Gasteiger partial charge is 0.494 e. The third kappa shape index (κ3) is 6.84. The molecule has 0 aromatic heterocycles. The fourth-order valence-corrected chi connectivity index (χ4v) is 3.06. The van der Waals surface area contributed by atoms with Gasteiger partial charge in [0.05, 0.1) is 6.61 Å². The lowest BCUT2D eigenvalue weighted by Crippen LogP contribution is -2.46. The predicted octanol–water partition coefficient (Wildman–Crippen LogP) is 4.42. The number of benzene rings is 2. The second kappa shape index (κ2) is 11.1. The number of carbonyl (C=O) groups is 2. The Morgan fingerprint density at radius 2 is 1.79 bits per heavy atom. The Morgan fingerprint density at radius 3 is 2.39 bits per heavy atom. The van der Waals surface area contributed by atoms with E-state index < -0.39 is 6.04 Å². The van der Waals surface area contributed by atoms with Crippen LogP contribution in [0.3, 0.4) is 0 Å². The summed E-state index contributed by atoms with van der Waals surface area (Å²) in [5.41, 5.74) is 0.963. The van der Waals surface area contributed by atoms with Crippen molar-refractivity contribution in [2.24, 2.45) is 0 Å². The number of rotatable bonds is 9. The molecule has 2 rings (SSSR count). The molecule has 0 aliphatic rings. The quantitative estimate of drug-likeness (QED) is 0.555. The molecule has 2 amide bonds. The Balaban J connectivity index is 1.94. The zero-order chi connectivity index (χ0) is 20.5. The summed E-state index contributed by atoms with van der Waals surface area (Å²) in [5.74, 6) is 0.434. The number of carbonyl (C=O) groups excluding carboxylic acids is 2. The lowest BCUT2D eigenvalue weighted by atomic mass is 10.1. The van der Waals surface area contributed by atoms with Gasteiger partial charge in [0.15, 0.2) is 0 Å². The Labute approximate surface area is 179 Å². The zero-order valence-electron chi connectivity index (χ0n) is 16.0. The molecule has 0 heterocycles. The van der Waals surface area contributed by atoms with Crippen LogP contribution in [-0.2, 0) is 16.1 Å². The van der Waals surface area contributed by atoms with Gasteiger partial charge in [0.1, 0.15) is 11.8 Å². The fraction of sp³-hybridized carbons (Fsp3) is 0.333. The summed E-state index contributed by atoms with van der Waals surface area (Å²) in [7, 11) is 1.57. The lowest BCUT2D eigenvalue weighted by molar-refractivity contribution is -0.140. The molecule has 0 bridgehead atoms. The van der Waals surface area contributed by atoms with E-state index in [0.29, 0.717) is 36.8 Å². The van der Waals surface area contributed by atoms with E-state index >= 15 is 0 Å². The minimum atomic E-state index is -0.557. The van der Waals surface area contributed by atoms with Gasteiger partial charge in [-0.25, -0.2) is 0 Å². The van der Waals surface area contributed by atoms with Gasteiger partial charge in [0.2, 0.25) is 11.8 Å². The standard InChI is InChI=1S/C21H24BrClN2O3/c1-15(21(27)24-2)25(14-16-5-7-17(22)8-6-16)20(26)4-3-13-28-19-11-9-18(23)10-12-19/h5-12,15H,3-4,13-14H2,1-2H3,(H,24,27). The average molecular weight is 468 g/mol. The van der Waals surface area contributed by atoms with Gasteiger partial charge in [-0.15, -0.1) is 0 Å². The van der Waals surface area contributed by atoms with Crippen molar-refractivity contribution in [3.05, 3.63) is 63.6 Å². The molecule has 0 aliphatic heterocycles. The Hall–Kier alpha value is -2.05. The molecule has 1 N–H and O–H groups in total. The maximum absolute atomic E-state index is 12.8. The first-order valence-corrected chi connectivity index (χ1v) is 10.2. The third-order valence-corrected chi connectivity index (χ3v) is 5.08. The highest BCUT2D eigenvalue weighted by Crippen LogP contribution is 2.17. The molecule has 150 valence electrons. The van der Waals surface area contributed by atoms with E-state index in [0.717, 1.165) is 10.0 Å². The van der Waals surface area contributed by atoms with Gasteiger partial charge >= 0.3 is 0 Å². The molecular weight excluding hydrogens is 444 g/mol. The van der Waals surface area contributed by atoms with E-state index in [1.807, 2.05) is 24.3 Å². The third-order valence-electron chi connectivity index (χ3n) is 4.30. The minimum Gasteiger partial charge on any atom is -0.494 e. The van der Waals surface area contributed by atoms with Crippen LogP contribution in [0.25, 0.3) is 0 Å². The van der Waals surface area contributed by atoms with Crippen LogP contribution in [-0.4, -0.2) is 36.4 Å². The number of halogens is 2. The SMILES string of the molecule is CNC(=O)C(C)N(Cc1ccc(Br)cc1)C(=O)CCCOc1ccc(Cl)cc1. The number of nitrogens with one attached hydrogen (secondary N) is 1. The Bertz CT molecular complexity index is 781. The van der Waals surface area contributed by atoms with Crippen LogP contribution in [0.5, 0.6) is 5.75 Å². The van der Waals surface area contributed by atoms with E-state index in [1.165, 1.54) is 0 Å². The summed E-state index contributed by atoms with van der Waals surface area (Å²) < 4.78 is 6.60. The van der Waals surface area contributed by atoms with Crippen LogP contribution in [0.4, 0.5) is 0 Å². The molecule has 7 heteroatoms. The van der Waals surface area contributed by atoms with Crippen molar-refractivity contribution in [3.63, 3.8) is 0 Å². The molecule has 0 fully saturated rings. The van der Waals surface area contributed by atoms with E-state index in [4.69, 9.17) is 16.3 Å². The molecule has 0 aliphatic carbocycles. The molecule has 0 saturated carbocycles. The van der Waals surface area contributed by atoms with Crippen molar-refractivity contribution in [3.8, 4) is 5.75 Å². The Kier molecular flexibility index (Phi) is 8.80. The monoisotopic (exact) mass is 466 g/mol. The zero-order valence-corrected chi connectivity index (χ0v) is 18.3. The first kappa shape index (κ1) is 22.2. The smallest absolute Gasteiger partial charge is 0.242 e. The number of likely N-dealkylation sites (N-methyl/N-ethyl adjacent to an activating group) is 1. The topological polar surface area (TPSA) is 58.6 Å².